The van der Waals surface area contributed by atoms with E-state index < -0.39 is 4.92 Å². The quantitative estimate of drug-likeness (QED) is 0.388. The SMILES string of the molecule is C[C-](C)[N+]#Cc1ccc([N+](=O)[O-])cc1. The number of rotatable bonds is 1. The van der Waals surface area contributed by atoms with Gasteiger partial charge in [0.15, 0.2) is 0 Å². The summed E-state index contributed by atoms with van der Waals surface area (Å²) in [5.41, 5.74) is 0.810. The highest BCUT2D eigenvalue weighted by Gasteiger charge is 2.01. The van der Waals surface area contributed by atoms with Crippen LogP contribution in [0.5, 0.6) is 0 Å². The van der Waals surface area contributed by atoms with Crippen molar-refractivity contribution in [3.05, 3.63) is 50.8 Å². The highest BCUT2D eigenvalue weighted by atomic mass is 16.6. The van der Waals surface area contributed by atoms with Crippen molar-refractivity contribution >= 4 is 5.69 Å². The Balaban J connectivity index is 2.85. The van der Waals surface area contributed by atoms with Crippen LogP contribution < -0.4 is 0 Å². The van der Waals surface area contributed by atoms with Crippen molar-refractivity contribution in [2.24, 2.45) is 0 Å². The van der Waals surface area contributed by atoms with Crippen LogP contribution in [-0.4, -0.2) is 4.92 Å². The second-order valence-electron chi connectivity index (χ2n) is 2.97. The van der Waals surface area contributed by atoms with E-state index in [1.807, 2.05) is 13.8 Å². The van der Waals surface area contributed by atoms with E-state index in [9.17, 15) is 10.1 Å². The van der Waals surface area contributed by atoms with E-state index in [0.717, 1.165) is 11.6 Å². The monoisotopic (exact) mass is 190 g/mol. The summed E-state index contributed by atoms with van der Waals surface area (Å²) in [6.45, 7) is 3.72. The topological polar surface area (TPSA) is 47.5 Å². The van der Waals surface area contributed by atoms with Crippen molar-refractivity contribution in [2.45, 2.75) is 13.8 Å². The van der Waals surface area contributed by atoms with Gasteiger partial charge in [-0.3, -0.25) is 10.1 Å². The number of non-ortho nitro benzene ring substituents is 1. The minimum Gasteiger partial charge on any atom is -0.258 e. The molecule has 0 fully saturated rings. The van der Waals surface area contributed by atoms with Gasteiger partial charge in [0, 0.05) is 12.1 Å². The van der Waals surface area contributed by atoms with E-state index in [1.54, 1.807) is 12.1 Å². The third-order valence-electron chi connectivity index (χ3n) is 1.49. The molecule has 0 amide bonds. The van der Waals surface area contributed by atoms with Gasteiger partial charge in [0.2, 0.25) is 0 Å². The van der Waals surface area contributed by atoms with Crippen LogP contribution in [0.4, 0.5) is 5.69 Å². The molecule has 0 saturated carbocycles. The summed E-state index contributed by atoms with van der Waals surface area (Å²) < 4.78 is 0. The lowest BCUT2D eigenvalue weighted by atomic mass is 10.2. The van der Waals surface area contributed by atoms with Crippen LogP contribution in [0.25, 0.3) is 4.85 Å². The molecule has 0 heterocycles. The molecule has 0 aliphatic carbocycles. The van der Waals surface area contributed by atoms with Crippen molar-refractivity contribution in [2.75, 3.05) is 0 Å². The van der Waals surface area contributed by atoms with E-state index >= 15 is 0 Å². The van der Waals surface area contributed by atoms with Crippen molar-refractivity contribution in [1.29, 1.82) is 0 Å². The average molecular weight is 190 g/mol. The van der Waals surface area contributed by atoms with Gasteiger partial charge >= 0.3 is 0 Å². The van der Waals surface area contributed by atoms with E-state index in [-0.39, 0.29) is 5.69 Å². The molecule has 14 heavy (non-hydrogen) atoms. The molecule has 1 aromatic carbocycles. The zero-order valence-electron chi connectivity index (χ0n) is 8.02. The maximum absolute atomic E-state index is 10.3. The standard InChI is InChI=1S/C10H10N2O2/c1-8(2)11-7-9-3-5-10(6-4-9)12(13)14/h3-6H,1-2H3. The number of hydrogen-bond donors (Lipinski definition) is 0. The molecule has 72 valence electrons. The Morgan fingerprint density at radius 3 is 2.36 bits per heavy atom. The molecular weight excluding hydrogens is 180 g/mol. The fourth-order valence-electron chi connectivity index (χ4n) is 0.834. The van der Waals surface area contributed by atoms with E-state index in [4.69, 9.17) is 0 Å². The molecule has 0 spiro atoms. The average Bonchev–Trinajstić information content (AvgIpc) is 2.15. The Morgan fingerprint density at radius 1 is 1.36 bits per heavy atom. The molecule has 0 radical (unpaired) electrons. The highest BCUT2D eigenvalue weighted by Crippen LogP contribution is 2.11. The van der Waals surface area contributed by atoms with Crippen LogP contribution in [0.3, 0.4) is 0 Å². The Bertz CT molecular complexity index is 385. The number of nitro groups is 1. The van der Waals surface area contributed by atoms with Crippen molar-refractivity contribution in [1.82, 2.24) is 0 Å². The summed E-state index contributed by atoms with van der Waals surface area (Å²) in [6.07, 6.45) is 0. The molecular formula is C10H10N2O2. The lowest BCUT2D eigenvalue weighted by Crippen LogP contribution is -1.86. The zero-order valence-corrected chi connectivity index (χ0v) is 8.02. The maximum Gasteiger partial charge on any atom is 0.269 e. The summed E-state index contributed by atoms with van der Waals surface area (Å²) in [5, 5.41) is 10.3. The maximum atomic E-state index is 10.3. The van der Waals surface area contributed by atoms with Gasteiger partial charge in [-0.2, -0.15) is 0 Å². The molecule has 0 aromatic heterocycles. The normalized spacial score (nSPS) is 8.71. The number of hydrogen-bond acceptors (Lipinski definition) is 2. The van der Waals surface area contributed by atoms with E-state index in [0.29, 0.717) is 0 Å². The smallest absolute Gasteiger partial charge is 0.258 e. The first kappa shape index (κ1) is 10.1. The van der Waals surface area contributed by atoms with Gasteiger partial charge < -0.3 is 0 Å². The molecule has 4 heteroatoms. The molecule has 0 saturated heterocycles. The van der Waals surface area contributed by atoms with Crippen LogP contribution in [0.2, 0.25) is 0 Å². The Kier molecular flexibility index (Phi) is 3.08. The third-order valence-corrected chi connectivity index (χ3v) is 1.49. The summed E-state index contributed by atoms with van der Waals surface area (Å²) in [5.74, 6) is 0. The van der Waals surface area contributed by atoms with Gasteiger partial charge in [-0.15, -0.1) is 0 Å². The molecule has 1 rings (SSSR count). The molecule has 0 unspecified atom stereocenters. The fraction of sp³-hybridized carbons (Fsp3) is 0.200. The first-order valence-corrected chi connectivity index (χ1v) is 4.11. The van der Waals surface area contributed by atoms with Gasteiger partial charge in [-0.05, 0) is 19.4 Å². The van der Waals surface area contributed by atoms with Crippen LogP contribution in [0.15, 0.2) is 24.3 Å². The highest BCUT2D eigenvalue weighted by molar-refractivity contribution is 5.40. The van der Waals surface area contributed by atoms with Crippen LogP contribution in [0.1, 0.15) is 19.4 Å². The molecule has 4 nitrogen and oxygen atoms in total. The summed E-state index contributed by atoms with van der Waals surface area (Å²) in [7, 11) is 0. The molecule has 0 N–H and O–H groups in total. The Labute approximate surface area is 82.1 Å². The van der Waals surface area contributed by atoms with Gasteiger partial charge in [0.25, 0.3) is 5.69 Å². The number of nitro benzene ring substituents is 1. The first-order valence-electron chi connectivity index (χ1n) is 4.11. The summed E-state index contributed by atoms with van der Waals surface area (Å²) in [6, 6.07) is 9.77. The predicted octanol–water partition coefficient (Wildman–Crippen LogP) is 2.85. The molecule has 1 aromatic rings. The zero-order chi connectivity index (χ0) is 10.6. The lowest BCUT2D eigenvalue weighted by Gasteiger charge is -1.91. The Morgan fingerprint density at radius 2 is 1.93 bits per heavy atom. The van der Waals surface area contributed by atoms with Gasteiger partial charge in [-0.1, -0.05) is 12.1 Å². The summed E-state index contributed by atoms with van der Waals surface area (Å²) >= 11 is 0. The molecule has 0 aliphatic heterocycles. The Hall–Kier alpha value is -2.02. The minimum absolute atomic E-state index is 0.0766. The summed E-state index contributed by atoms with van der Waals surface area (Å²) in [4.78, 5) is 13.9. The largest absolute Gasteiger partial charge is 0.269 e. The van der Waals surface area contributed by atoms with Crippen LogP contribution >= 0.6 is 0 Å². The molecule has 0 atom stereocenters. The van der Waals surface area contributed by atoms with Gasteiger partial charge in [-0.25, -0.2) is 4.85 Å². The van der Waals surface area contributed by atoms with Gasteiger partial charge in [0.05, 0.1) is 11.0 Å². The second kappa shape index (κ2) is 4.28. The number of nitrogens with zero attached hydrogens (tertiary/aromatic N) is 2. The van der Waals surface area contributed by atoms with Crippen LogP contribution in [-0.2, 0) is 0 Å². The predicted molar refractivity (Wildman–Crippen MR) is 54.0 cm³/mol. The van der Waals surface area contributed by atoms with Gasteiger partial charge in [0.1, 0.15) is 6.04 Å². The second-order valence-corrected chi connectivity index (χ2v) is 2.97. The number of benzene rings is 1. The van der Waals surface area contributed by atoms with Crippen molar-refractivity contribution in [3.8, 4) is 6.07 Å². The molecule has 0 bridgehead atoms. The fourth-order valence-corrected chi connectivity index (χ4v) is 0.834. The first-order chi connectivity index (χ1) is 6.59. The third kappa shape index (κ3) is 2.79. The molecule has 0 aliphatic rings. The van der Waals surface area contributed by atoms with E-state index in [1.165, 1.54) is 12.1 Å². The minimum atomic E-state index is -0.432. The lowest BCUT2D eigenvalue weighted by molar-refractivity contribution is -0.384. The van der Waals surface area contributed by atoms with Crippen molar-refractivity contribution in [3.63, 3.8) is 0 Å². The van der Waals surface area contributed by atoms with E-state index in [2.05, 4.69) is 10.9 Å². The van der Waals surface area contributed by atoms with Crippen LogP contribution in [0, 0.1) is 22.2 Å². The van der Waals surface area contributed by atoms with Crippen molar-refractivity contribution < 1.29 is 4.92 Å².